The van der Waals surface area contributed by atoms with Crippen molar-refractivity contribution in [3.8, 4) is 18.1 Å². The first kappa shape index (κ1) is 19.8. The summed E-state index contributed by atoms with van der Waals surface area (Å²) in [6, 6.07) is 27.7. The second-order valence-electron chi connectivity index (χ2n) is 7.10. The van der Waals surface area contributed by atoms with E-state index in [2.05, 4.69) is 72.7 Å². The summed E-state index contributed by atoms with van der Waals surface area (Å²) in [5.74, 6) is 4.02. The zero-order valence-electron chi connectivity index (χ0n) is 16.6. The molecule has 1 unspecified atom stereocenters. The first-order valence-corrected chi connectivity index (χ1v) is 10.1. The average molecular weight is 369 g/mol. The van der Waals surface area contributed by atoms with Gasteiger partial charge < -0.3 is 4.74 Å². The molecule has 3 aromatic rings. The molecule has 1 atom stereocenters. The third-order valence-corrected chi connectivity index (χ3v) is 5.00. The summed E-state index contributed by atoms with van der Waals surface area (Å²) in [7, 11) is 0. The second-order valence-corrected chi connectivity index (χ2v) is 7.10. The van der Waals surface area contributed by atoms with Gasteiger partial charge in [-0.1, -0.05) is 72.7 Å². The number of aryl methyl sites for hydroxylation is 1. The van der Waals surface area contributed by atoms with Gasteiger partial charge in [0.1, 0.15) is 5.75 Å². The van der Waals surface area contributed by atoms with E-state index in [0.29, 0.717) is 6.61 Å². The third kappa shape index (κ3) is 5.76. The molecule has 0 fully saturated rings. The van der Waals surface area contributed by atoms with Gasteiger partial charge in [-0.3, -0.25) is 0 Å². The Hall–Kier alpha value is -2.98. The fourth-order valence-corrected chi connectivity index (χ4v) is 3.55. The van der Waals surface area contributed by atoms with Crippen molar-refractivity contribution in [2.75, 3.05) is 6.61 Å². The minimum absolute atomic E-state index is 0.156. The maximum absolute atomic E-state index is 5.81. The van der Waals surface area contributed by atoms with Crippen LogP contribution in [0.25, 0.3) is 0 Å². The molecular weight excluding hydrogens is 340 g/mol. The van der Waals surface area contributed by atoms with Crippen LogP contribution >= 0.6 is 0 Å². The van der Waals surface area contributed by atoms with Gasteiger partial charge >= 0.3 is 0 Å². The molecule has 0 aliphatic heterocycles. The smallest absolute Gasteiger partial charge is 0.119 e. The lowest BCUT2D eigenvalue weighted by Gasteiger charge is -2.12. The Labute approximate surface area is 169 Å². The molecule has 28 heavy (non-hydrogen) atoms. The maximum atomic E-state index is 5.81. The largest absolute Gasteiger partial charge is 0.494 e. The van der Waals surface area contributed by atoms with E-state index in [9.17, 15) is 0 Å². The molecule has 0 saturated carbocycles. The summed E-state index contributed by atoms with van der Waals surface area (Å²) in [5.41, 5.74) is 5.30. The number of benzene rings is 3. The second kappa shape index (κ2) is 10.4. The topological polar surface area (TPSA) is 9.23 Å². The molecule has 0 amide bonds. The van der Waals surface area contributed by atoms with Crippen molar-refractivity contribution in [1.29, 1.82) is 0 Å². The van der Waals surface area contributed by atoms with Gasteiger partial charge in [0.25, 0.3) is 0 Å². The van der Waals surface area contributed by atoms with Crippen LogP contribution in [0.5, 0.6) is 5.75 Å². The SMILES string of the molecule is C#CC(CCCc1cccc(Cc2ccccc2)c1)c1ccc(OCC)cc1. The number of rotatable bonds is 9. The molecule has 0 aliphatic rings. The number of hydrogen-bond acceptors (Lipinski definition) is 1. The maximum Gasteiger partial charge on any atom is 0.119 e. The molecule has 0 radical (unpaired) electrons. The first-order chi connectivity index (χ1) is 13.8. The fourth-order valence-electron chi connectivity index (χ4n) is 3.55. The highest BCUT2D eigenvalue weighted by Gasteiger charge is 2.09. The minimum Gasteiger partial charge on any atom is -0.494 e. The van der Waals surface area contributed by atoms with Crippen LogP contribution in [0.4, 0.5) is 0 Å². The normalized spacial score (nSPS) is 11.6. The van der Waals surface area contributed by atoms with Crippen LogP contribution < -0.4 is 4.74 Å². The first-order valence-electron chi connectivity index (χ1n) is 10.1. The minimum atomic E-state index is 0.156. The van der Waals surface area contributed by atoms with Gasteiger partial charge in [-0.05, 0) is 67.0 Å². The molecule has 3 rings (SSSR count). The molecule has 1 heteroatoms. The molecule has 0 saturated heterocycles. The molecule has 0 bridgehead atoms. The Bertz CT molecular complexity index is 888. The average Bonchev–Trinajstić information content (AvgIpc) is 2.73. The van der Waals surface area contributed by atoms with Crippen molar-refractivity contribution in [3.63, 3.8) is 0 Å². The molecular formula is C27H28O. The molecule has 0 heterocycles. The van der Waals surface area contributed by atoms with Gasteiger partial charge in [-0.25, -0.2) is 0 Å². The van der Waals surface area contributed by atoms with Crippen molar-refractivity contribution in [2.45, 2.75) is 38.5 Å². The van der Waals surface area contributed by atoms with E-state index in [1.807, 2.05) is 19.1 Å². The van der Waals surface area contributed by atoms with E-state index in [0.717, 1.165) is 31.4 Å². The van der Waals surface area contributed by atoms with Gasteiger partial charge in [-0.15, -0.1) is 6.42 Å². The Morgan fingerprint density at radius 1 is 0.857 bits per heavy atom. The van der Waals surface area contributed by atoms with E-state index in [4.69, 9.17) is 11.2 Å². The van der Waals surface area contributed by atoms with Crippen LogP contribution in [0.1, 0.15) is 47.9 Å². The van der Waals surface area contributed by atoms with Crippen LogP contribution in [0.3, 0.4) is 0 Å². The van der Waals surface area contributed by atoms with Crippen molar-refractivity contribution < 1.29 is 4.74 Å². The molecule has 1 nitrogen and oxygen atoms in total. The van der Waals surface area contributed by atoms with Crippen LogP contribution in [0.15, 0.2) is 78.9 Å². The van der Waals surface area contributed by atoms with Gasteiger partial charge in [-0.2, -0.15) is 0 Å². The van der Waals surface area contributed by atoms with E-state index < -0.39 is 0 Å². The van der Waals surface area contributed by atoms with Crippen LogP contribution in [0, 0.1) is 12.3 Å². The van der Waals surface area contributed by atoms with E-state index in [-0.39, 0.29) is 5.92 Å². The van der Waals surface area contributed by atoms with Crippen molar-refractivity contribution in [3.05, 3.63) is 101 Å². The van der Waals surface area contributed by atoms with Gasteiger partial charge in [0.15, 0.2) is 0 Å². The number of hydrogen-bond donors (Lipinski definition) is 0. The zero-order chi connectivity index (χ0) is 19.6. The quantitative estimate of drug-likeness (QED) is 0.396. The fraction of sp³-hybridized carbons (Fsp3) is 0.259. The Morgan fingerprint density at radius 2 is 1.57 bits per heavy atom. The highest BCUT2D eigenvalue weighted by atomic mass is 16.5. The Kier molecular flexibility index (Phi) is 7.33. The molecule has 0 aliphatic carbocycles. The summed E-state index contributed by atoms with van der Waals surface area (Å²) < 4.78 is 5.52. The predicted molar refractivity (Wildman–Crippen MR) is 118 cm³/mol. The van der Waals surface area contributed by atoms with Crippen molar-refractivity contribution in [1.82, 2.24) is 0 Å². The summed E-state index contributed by atoms with van der Waals surface area (Å²) >= 11 is 0. The zero-order valence-corrected chi connectivity index (χ0v) is 16.6. The summed E-state index contributed by atoms with van der Waals surface area (Å²) in [6.45, 7) is 2.67. The molecule has 0 spiro atoms. The Morgan fingerprint density at radius 3 is 2.29 bits per heavy atom. The summed E-state index contributed by atoms with van der Waals surface area (Å²) in [6.07, 6.45) is 9.92. The van der Waals surface area contributed by atoms with Crippen LogP contribution in [0.2, 0.25) is 0 Å². The molecule has 0 aromatic heterocycles. The predicted octanol–water partition coefficient (Wildman–Crippen LogP) is 6.42. The summed E-state index contributed by atoms with van der Waals surface area (Å²) in [5, 5.41) is 0. The highest BCUT2D eigenvalue weighted by molar-refractivity contribution is 5.33. The van der Waals surface area contributed by atoms with Crippen molar-refractivity contribution >= 4 is 0 Å². The molecule has 0 N–H and O–H groups in total. The van der Waals surface area contributed by atoms with Crippen LogP contribution in [-0.4, -0.2) is 6.61 Å². The van der Waals surface area contributed by atoms with E-state index in [1.165, 1.54) is 22.3 Å². The molecule has 3 aromatic carbocycles. The lowest BCUT2D eigenvalue weighted by molar-refractivity contribution is 0.340. The highest BCUT2D eigenvalue weighted by Crippen LogP contribution is 2.24. The lowest BCUT2D eigenvalue weighted by Crippen LogP contribution is -1.99. The van der Waals surface area contributed by atoms with Gasteiger partial charge in [0.2, 0.25) is 0 Å². The van der Waals surface area contributed by atoms with Gasteiger partial charge in [0, 0.05) is 5.92 Å². The summed E-state index contributed by atoms with van der Waals surface area (Å²) in [4.78, 5) is 0. The van der Waals surface area contributed by atoms with Crippen molar-refractivity contribution in [2.24, 2.45) is 0 Å². The van der Waals surface area contributed by atoms with Gasteiger partial charge in [0.05, 0.1) is 6.61 Å². The Balaban J connectivity index is 1.55. The number of terminal acetylenes is 1. The van der Waals surface area contributed by atoms with E-state index >= 15 is 0 Å². The van der Waals surface area contributed by atoms with Crippen LogP contribution in [-0.2, 0) is 12.8 Å². The number of ether oxygens (including phenoxy) is 1. The third-order valence-electron chi connectivity index (χ3n) is 5.00. The monoisotopic (exact) mass is 368 g/mol. The lowest BCUT2D eigenvalue weighted by atomic mass is 9.92. The molecule has 142 valence electrons. The van der Waals surface area contributed by atoms with E-state index in [1.54, 1.807) is 0 Å². The standard InChI is InChI=1S/C27H28O/c1-3-25(26-16-18-27(19-17-26)28-4-2)15-9-13-23-12-8-14-24(21-23)20-22-10-6-5-7-11-22/h1,5-8,10-12,14,16-19,21,25H,4,9,13,15,20H2,2H3.